The third-order valence-electron chi connectivity index (χ3n) is 1.52. The normalized spacial score (nSPS) is 11.5. The van der Waals surface area contributed by atoms with Gasteiger partial charge in [0, 0.05) is 0 Å². The summed E-state index contributed by atoms with van der Waals surface area (Å²) in [4.78, 5) is 10.4. The molecule has 72 valence electrons. The zero-order chi connectivity index (χ0) is 9.14. The maximum Gasteiger partial charge on any atom is 0.325 e. The summed E-state index contributed by atoms with van der Waals surface area (Å²) in [6.45, 7) is 0. The molecular weight excluding hydrogens is 174 g/mol. The monoisotopic (exact) mass is 185 g/mol. The number of phenolic OH excluding ortho intramolecular Hbond substituents is 1. The maximum atomic E-state index is 10.4. The molecule has 0 heterocycles. The lowest BCUT2D eigenvalue weighted by atomic mass is 10.1. The van der Waals surface area contributed by atoms with Crippen molar-refractivity contribution in [2.24, 2.45) is 5.73 Å². The molecule has 1 aromatic rings. The van der Waals surface area contributed by atoms with Gasteiger partial charge in [0.1, 0.15) is 11.8 Å². The van der Waals surface area contributed by atoms with Crippen molar-refractivity contribution in [1.29, 1.82) is 0 Å². The Kier molecular flexibility index (Phi) is 3.90. The van der Waals surface area contributed by atoms with Crippen molar-refractivity contribution < 1.29 is 20.5 Å². The van der Waals surface area contributed by atoms with Crippen LogP contribution >= 0.6 is 0 Å². The molecule has 5 heteroatoms. The molecule has 13 heavy (non-hydrogen) atoms. The predicted molar refractivity (Wildman–Crippen MR) is 46.3 cm³/mol. The number of carboxylic acids is 1. The van der Waals surface area contributed by atoms with E-state index in [2.05, 4.69) is 0 Å². The lowest BCUT2D eigenvalue weighted by Crippen LogP contribution is -2.20. The SMILES string of the molecule is NC(C(=O)O)c1ccc(O)cc1.O. The molecule has 0 bridgehead atoms. The summed E-state index contributed by atoms with van der Waals surface area (Å²) >= 11 is 0. The Morgan fingerprint density at radius 3 is 2.15 bits per heavy atom. The Morgan fingerprint density at radius 2 is 1.77 bits per heavy atom. The van der Waals surface area contributed by atoms with Crippen LogP contribution in [0.15, 0.2) is 24.3 Å². The molecule has 0 amide bonds. The highest BCUT2D eigenvalue weighted by Gasteiger charge is 2.13. The summed E-state index contributed by atoms with van der Waals surface area (Å²) in [7, 11) is 0. The number of phenols is 1. The van der Waals surface area contributed by atoms with Crippen LogP contribution in [-0.4, -0.2) is 21.7 Å². The van der Waals surface area contributed by atoms with E-state index in [9.17, 15) is 4.79 Å². The van der Waals surface area contributed by atoms with Gasteiger partial charge in [-0.2, -0.15) is 0 Å². The number of rotatable bonds is 2. The molecule has 0 radical (unpaired) electrons. The fourth-order valence-corrected chi connectivity index (χ4v) is 0.824. The minimum absolute atomic E-state index is 0. The van der Waals surface area contributed by atoms with Crippen LogP contribution in [0.4, 0.5) is 0 Å². The number of carbonyl (C=O) groups is 1. The van der Waals surface area contributed by atoms with Crippen LogP contribution < -0.4 is 5.73 Å². The van der Waals surface area contributed by atoms with E-state index in [0.29, 0.717) is 5.56 Å². The van der Waals surface area contributed by atoms with E-state index >= 15 is 0 Å². The Morgan fingerprint density at radius 1 is 1.31 bits per heavy atom. The summed E-state index contributed by atoms with van der Waals surface area (Å²) in [6.07, 6.45) is 0. The molecule has 5 nitrogen and oxygen atoms in total. The van der Waals surface area contributed by atoms with Gasteiger partial charge in [-0.15, -0.1) is 0 Å². The second-order valence-corrected chi connectivity index (χ2v) is 2.41. The van der Waals surface area contributed by atoms with Gasteiger partial charge in [-0.05, 0) is 17.7 Å². The Hall–Kier alpha value is -1.59. The number of hydrogen-bond acceptors (Lipinski definition) is 3. The number of hydrogen-bond donors (Lipinski definition) is 3. The van der Waals surface area contributed by atoms with Crippen molar-refractivity contribution in [3.05, 3.63) is 29.8 Å². The topological polar surface area (TPSA) is 115 Å². The van der Waals surface area contributed by atoms with Gasteiger partial charge in [-0.25, -0.2) is 0 Å². The fraction of sp³-hybridized carbons (Fsp3) is 0.125. The van der Waals surface area contributed by atoms with Crippen molar-refractivity contribution in [1.82, 2.24) is 0 Å². The predicted octanol–water partition coefficient (Wildman–Crippen LogP) is -0.348. The first-order valence-corrected chi connectivity index (χ1v) is 3.38. The maximum absolute atomic E-state index is 10.4. The lowest BCUT2D eigenvalue weighted by Gasteiger charge is -2.05. The van der Waals surface area contributed by atoms with Crippen molar-refractivity contribution in [3.8, 4) is 5.75 Å². The van der Waals surface area contributed by atoms with E-state index < -0.39 is 12.0 Å². The molecule has 0 aliphatic rings. The van der Waals surface area contributed by atoms with Crippen molar-refractivity contribution in [2.45, 2.75) is 6.04 Å². The standard InChI is InChI=1S/C8H9NO3.H2O/c9-7(8(11)12)5-1-3-6(10)4-2-5;/h1-4,7,10H,9H2,(H,11,12);1H2. The molecule has 0 saturated carbocycles. The van der Waals surface area contributed by atoms with Gasteiger partial charge in [-0.1, -0.05) is 12.1 Å². The second-order valence-electron chi connectivity index (χ2n) is 2.41. The zero-order valence-electron chi connectivity index (χ0n) is 6.77. The van der Waals surface area contributed by atoms with E-state index in [1.54, 1.807) is 0 Å². The van der Waals surface area contributed by atoms with E-state index in [1.807, 2.05) is 0 Å². The van der Waals surface area contributed by atoms with Crippen LogP contribution in [0.1, 0.15) is 11.6 Å². The third kappa shape index (κ3) is 2.73. The second kappa shape index (κ2) is 4.44. The summed E-state index contributed by atoms with van der Waals surface area (Å²) in [5.74, 6) is -0.989. The first-order chi connectivity index (χ1) is 5.61. The molecule has 0 aromatic heterocycles. The van der Waals surface area contributed by atoms with Gasteiger partial charge in [0.15, 0.2) is 0 Å². The van der Waals surface area contributed by atoms with Crippen LogP contribution in [0.25, 0.3) is 0 Å². The third-order valence-corrected chi connectivity index (χ3v) is 1.52. The Labute approximate surface area is 74.7 Å². The molecule has 0 aliphatic carbocycles. The fourth-order valence-electron chi connectivity index (χ4n) is 0.824. The molecule has 0 saturated heterocycles. The van der Waals surface area contributed by atoms with E-state index in [4.69, 9.17) is 15.9 Å². The Bertz CT molecular complexity index is 283. The highest BCUT2D eigenvalue weighted by atomic mass is 16.4. The van der Waals surface area contributed by atoms with E-state index in [1.165, 1.54) is 24.3 Å². The minimum Gasteiger partial charge on any atom is -0.508 e. The number of aliphatic carboxylic acids is 1. The van der Waals surface area contributed by atoms with Crippen LogP contribution in [0.3, 0.4) is 0 Å². The smallest absolute Gasteiger partial charge is 0.325 e. The molecule has 6 N–H and O–H groups in total. The Balaban J connectivity index is 0.00000144. The molecule has 0 fully saturated rings. The van der Waals surface area contributed by atoms with Gasteiger partial charge >= 0.3 is 5.97 Å². The summed E-state index contributed by atoms with van der Waals surface area (Å²) in [6, 6.07) is 4.74. The highest BCUT2D eigenvalue weighted by molar-refractivity contribution is 5.75. The van der Waals surface area contributed by atoms with Gasteiger partial charge in [-0.3, -0.25) is 4.79 Å². The molecule has 0 spiro atoms. The average molecular weight is 185 g/mol. The minimum atomic E-state index is -1.08. The summed E-state index contributed by atoms with van der Waals surface area (Å²) in [5, 5.41) is 17.4. The molecular formula is C8H11NO4. The first-order valence-electron chi connectivity index (χ1n) is 3.38. The summed E-state index contributed by atoms with van der Waals surface area (Å²) in [5.41, 5.74) is 5.78. The largest absolute Gasteiger partial charge is 0.508 e. The first kappa shape index (κ1) is 11.4. The van der Waals surface area contributed by atoms with Gasteiger partial charge in [0.05, 0.1) is 0 Å². The molecule has 1 unspecified atom stereocenters. The van der Waals surface area contributed by atoms with Crippen LogP contribution in [0, 0.1) is 0 Å². The quantitative estimate of drug-likeness (QED) is 0.584. The number of aromatic hydroxyl groups is 1. The number of nitrogens with two attached hydrogens (primary N) is 1. The highest BCUT2D eigenvalue weighted by Crippen LogP contribution is 2.14. The van der Waals surface area contributed by atoms with Crippen molar-refractivity contribution in [2.75, 3.05) is 0 Å². The number of carboxylic acid groups (broad SMARTS) is 1. The average Bonchev–Trinajstić information content (AvgIpc) is 2.04. The zero-order valence-corrected chi connectivity index (χ0v) is 6.77. The molecule has 0 aliphatic heterocycles. The van der Waals surface area contributed by atoms with Gasteiger partial charge in [0.2, 0.25) is 0 Å². The van der Waals surface area contributed by atoms with E-state index in [0.717, 1.165) is 0 Å². The van der Waals surface area contributed by atoms with Crippen LogP contribution in [-0.2, 0) is 4.79 Å². The van der Waals surface area contributed by atoms with Crippen molar-refractivity contribution in [3.63, 3.8) is 0 Å². The van der Waals surface area contributed by atoms with Gasteiger partial charge < -0.3 is 21.4 Å². The van der Waals surface area contributed by atoms with Crippen LogP contribution in [0.5, 0.6) is 5.75 Å². The molecule has 1 aromatic carbocycles. The molecule has 1 atom stereocenters. The summed E-state index contributed by atoms with van der Waals surface area (Å²) < 4.78 is 0. The van der Waals surface area contributed by atoms with E-state index in [-0.39, 0.29) is 11.2 Å². The van der Waals surface area contributed by atoms with Crippen LogP contribution in [0.2, 0.25) is 0 Å². The van der Waals surface area contributed by atoms with Gasteiger partial charge in [0.25, 0.3) is 0 Å². The van der Waals surface area contributed by atoms with Crippen molar-refractivity contribution >= 4 is 5.97 Å². The number of benzene rings is 1. The lowest BCUT2D eigenvalue weighted by molar-refractivity contribution is -0.138. The molecule has 1 rings (SSSR count).